The summed E-state index contributed by atoms with van der Waals surface area (Å²) in [6, 6.07) is 13.9. The van der Waals surface area contributed by atoms with Crippen molar-refractivity contribution in [2.45, 2.75) is 32.5 Å². The zero-order valence-corrected chi connectivity index (χ0v) is 16.4. The zero-order valence-electron chi connectivity index (χ0n) is 15.7. The number of hydrogen-bond donors (Lipinski definition) is 1. The number of carbonyl (C=O) groups is 2. The smallest absolute Gasteiger partial charge is 0.308 e. The molecule has 0 spiro atoms. The van der Waals surface area contributed by atoms with E-state index in [1.807, 2.05) is 0 Å². The van der Waals surface area contributed by atoms with Crippen molar-refractivity contribution < 1.29 is 14.3 Å². The van der Waals surface area contributed by atoms with Gasteiger partial charge in [-0.05, 0) is 36.8 Å². The number of amides is 1. The van der Waals surface area contributed by atoms with Crippen LogP contribution < -0.4 is 10.9 Å². The van der Waals surface area contributed by atoms with Crippen molar-refractivity contribution in [3.63, 3.8) is 0 Å². The molecule has 0 saturated heterocycles. The molecule has 2 aromatic carbocycles. The maximum Gasteiger partial charge on any atom is 0.308 e. The number of nitrogens with one attached hydrogen (secondary N) is 1. The van der Waals surface area contributed by atoms with Crippen molar-refractivity contribution in [2.24, 2.45) is 0 Å². The maximum atomic E-state index is 12.3. The molecular weight excluding hydrogens is 396 g/mol. The van der Waals surface area contributed by atoms with E-state index < -0.39 is 18.0 Å². The largest absolute Gasteiger partial charge is 0.452 e. The van der Waals surface area contributed by atoms with Gasteiger partial charge in [0.2, 0.25) is 0 Å². The molecule has 1 atom stereocenters. The SMILES string of the molecule is CC(OC(=O)CCn1nnc2ccccc2c1=O)C(=O)NCc1ccc(Cl)cc1. The highest BCUT2D eigenvalue weighted by atomic mass is 35.5. The lowest BCUT2D eigenvalue weighted by Crippen LogP contribution is -2.35. The van der Waals surface area contributed by atoms with Crippen molar-refractivity contribution >= 4 is 34.4 Å². The van der Waals surface area contributed by atoms with Crippen molar-refractivity contribution in [1.82, 2.24) is 20.3 Å². The van der Waals surface area contributed by atoms with Crippen molar-refractivity contribution in [3.05, 3.63) is 69.5 Å². The lowest BCUT2D eigenvalue weighted by Gasteiger charge is -2.13. The van der Waals surface area contributed by atoms with Crippen LogP contribution in [0.5, 0.6) is 0 Å². The highest BCUT2D eigenvalue weighted by Crippen LogP contribution is 2.09. The van der Waals surface area contributed by atoms with Gasteiger partial charge in [-0.3, -0.25) is 14.4 Å². The standard InChI is InChI=1S/C20H19ClN4O4/c1-13(19(27)22-12-14-6-8-15(21)9-7-14)29-18(26)10-11-25-20(28)16-4-2-3-5-17(16)23-24-25/h2-9,13H,10-12H2,1H3,(H,22,27). The molecule has 0 fully saturated rings. The van der Waals surface area contributed by atoms with Crippen LogP contribution in [-0.2, 0) is 27.4 Å². The number of halogens is 1. The summed E-state index contributed by atoms with van der Waals surface area (Å²) in [5.41, 5.74) is 1.02. The Morgan fingerprint density at radius 2 is 1.90 bits per heavy atom. The Morgan fingerprint density at radius 3 is 2.66 bits per heavy atom. The molecule has 0 aliphatic heterocycles. The minimum atomic E-state index is -0.964. The lowest BCUT2D eigenvalue weighted by molar-refractivity contribution is -0.155. The van der Waals surface area contributed by atoms with Gasteiger partial charge in [0.15, 0.2) is 6.10 Å². The third-order valence-corrected chi connectivity index (χ3v) is 4.47. The number of nitrogens with zero attached hydrogens (tertiary/aromatic N) is 3. The number of ether oxygens (including phenoxy) is 1. The van der Waals surface area contributed by atoms with Gasteiger partial charge in [-0.15, -0.1) is 5.10 Å². The normalized spacial score (nSPS) is 11.8. The van der Waals surface area contributed by atoms with E-state index in [1.54, 1.807) is 48.5 Å². The molecule has 3 aromatic rings. The molecule has 150 valence electrons. The second kappa shape index (κ2) is 9.29. The molecule has 1 aromatic heterocycles. The summed E-state index contributed by atoms with van der Waals surface area (Å²) in [5.74, 6) is -1.03. The fourth-order valence-electron chi connectivity index (χ4n) is 2.61. The van der Waals surface area contributed by atoms with E-state index in [1.165, 1.54) is 6.92 Å². The molecule has 0 bridgehead atoms. The van der Waals surface area contributed by atoms with E-state index in [-0.39, 0.29) is 18.5 Å². The topological polar surface area (TPSA) is 103 Å². The highest BCUT2D eigenvalue weighted by Gasteiger charge is 2.18. The maximum absolute atomic E-state index is 12.3. The Kier molecular flexibility index (Phi) is 6.56. The Bertz CT molecular complexity index is 1080. The van der Waals surface area contributed by atoms with Crippen molar-refractivity contribution in [1.29, 1.82) is 0 Å². The highest BCUT2D eigenvalue weighted by molar-refractivity contribution is 6.30. The Morgan fingerprint density at radius 1 is 1.17 bits per heavy atom. The minimum Gasteiger partial charge on any atom is -0.452 e. The van der Waals surface area contributed by atoms with Crippen molar-refractivity contribution in [2.75, 3.05) is 0 Å². The van der Waals surface area contributed by atoms with Crippen LogP contribution in [0.2, 0.25) is 5.02 Å². The predicted octanol–water partition coefficient (Wildman–Crippen LogP) is 2.08. The molecule has 3 rings (SSSR count). The van der Waals surface area contributed by atoms with Crippen LogP contribution >= 0.6 is 11.6 Å². The Labute approximate surface area is 171 Å². The van der Waals surface area contributed by atoms with E-state index >= 15 is 0 Å². The number of rotatable bonds is 7. The predicted molar refractivity (Wildman–Crippen MR) is 107 cm³/mol. The summed E-state index contributed by atoms with van der Waals surface area (Å²) in [5, 5.41) is 11.5. The molecule has 0 aliphatic rings. The number of carbonyl (C=O) groups excluding carboxylic acids is 2. The van der Waals surface area contributed by atoms with Crippen LogP contribution in [-0.4, -0.2) is 33.0 Å². The minimum absolute atomic E-state index is 0.00855. The van der Waals surface area contributed by atoms with Gasteiger partial charge < -0.3 is 10.1 Å². The summed E-state index contributed by atoms with van der Waals surface area (Å²) in [7, 11) is 0. The first-order chi connectivity index (χ1) is 13.9. The van der Waals surface area contributed by atoms with Gasteiger partial charge in [-0.2, -0.15) is 0 Å². The van der Waals surface area contributed by atoms with E-state index in [0.29, 0.717) is 22.5 Å². The number of aromatic nitrogens is 3. The average Bonchev–Trinajstić information content (AvgIpc) is 2.72. The van der Waals surface area contributed by atoms with Gasteiger partial charge in [-0.1, -0.05) is 41.1 Å². The monoisotopic (exact) mass is 414 g/mol. The van der Waals surface area contributed by atoms with E-state index in [4.69, 9.17) is 16.3 Å². The lowest BCUT2D eigenvalue weighted by atomic mass is 10.2. The molecule has 0 aliphatic carbocycles. The number of hydrogen-bond acceptors (Lipinski definition) is 6. The molecule has 0 saturated carbocycles. The third-order valence-electron chi connectivity index (χ3n) is 4.21. The van der Waals surface area contributed by atoms with Gasteiger partial charge in [0, 0.05) is 11.6 Å². The van der Waals surface area contributed by atoms with Crippen LogP contribution in [0.3, 0.4) is 0 Å². The quantitative estimate of drug-likeness (QED) is 0.594. The van der Waals surface area contributed by atoms with Crippen LogP contribution in [0.4, 0.5) is 0 Å². The number of aryl methyl sites for hydroxylation is 1. The van der Waals surface area contributed by atoms with E-state index in [0.717, 1.165) is 10.2 Å². The first kappa shape index (κ1) is 20.5. The van der Waals surface area contributed by atoms with Crippen LogP contribution in [0.25, 0.3) is 10.9 Å². The van der Waals surface area contributed by atoms with Crippen LogP contribution in [0, 0.1) is 0 Å². The molecule has 0 radical (unpaired) electrons. The molecule has 1 amide bonds. The fourth-order valence-corrected chi connectivity index (χ4v) is 2.74. The molecular formula is C20H19ClN4O4. The van der Waals surface area contributed by atoms with Gasteiger partial charge in [0.1, 0.15) is 5.52 Å². The number of benzene rings is 2. The molecule has 29 heavy (non-hydrogen) atoms. The average molecular weight is 415 g/mol. The summed E-state index contributed by atoms with van der Waals surface area (Å²) in [6.07, 6.45) is -1.07. The molecule has 1 N–H and O–H groups in total. The fraction of sp³-hybridized carbons (Fsp3) is 0.250. The summed E-state index contributed by atoms with van der Waals surface area (Å²) < 4.78 is 6.24. The van der Waals surface area contributed by atoms with Crippen LogP contribution in [0.1, 0.15) is 18.9 Å². The summed E-state index contributed by atoms with van der Waals surface area (Å²) >= 11 is 5.82. The van der Waals surface area contributed by atoms with Gasteiger partial charge in [0.05, 0.1) is 18.4 Å². The number of fused-ring (bicyclic) bond motifs is 1. The molecule has 1 heterocycles. The number of esters is 1. The van der Waals surface area contributed by atoms with Gasteiger partial charge >= 0.3 is 5.97 Å². The second-order valence-corrected chi connectivity index (χ2v) is 6.80. The molecule has 1 unspecified atom stereocenters. The second-order valence-electron chi connectivity index (χ2n) is 6.36. The van der Waals surface area contributed by atoms with Crippen LogP contribution in [0.15, 0.2) is 53.3 Å². The molecule has 8 nitrogen and oxygen atoms in total. The molecule has 9 heteroatoms. The van der Waals surface area contributed by atoms with E-state index in [2.05, 4.69) is 15.6 Å². The summed E-state index contributed by atoms with van der Waals surface area (Å²) in [4.78, 5) is 36.5. The first-order valence-electron chi connectivity index (χ1n) is 8.98. The third kappa shape index (κ3) is 5.39. The Balaban J connectivity index is 1.49. The zero-order chi connectivity index (χ0) is 20.8. The first-order valence-corrected chi connectivity index (χ1v) is 9.36. The Hall–Kier alpha value is -3.26. The van der Waals surface area contributed by atoms with Crippen molar-refractivity contribution in [3.8, 4) is 0 Å². The summed E-state index contributed by atoms with van der Waals surface area (Å²) in [6.45, 7) is 1.78. The van der Waals surface area contributed by atoms with Gasteiger partial charge in [-0.25, -0.2) is 4.68 Å². The van der Waals surface area contributed by atoms with Gasteiger partial charge in [0.25, 0.3) is 11.5 Å². The van der Waals surface area contributed by atoms with E-state index in [9.17, 15) is 14.4 Å².